The third-order valence-corrected chi connectivity index (χ3v) is 4.69. The summed E-state index contributed by atoms with van der Waals surface area (Å²) in [6, 6.07) is 13.3. The van der Waals surface area contributed by atoms with Gasteiger partial charge in [0.25, 0.3) is 5.91 Å². The minimum absolute atomic E-state index is 0.195. The fourth-order valence-corrected chi connectivity index (χ4v) is 2.74. The van der Waals surface area contributed by atoms with Gasteiger partial charge in [-0.2, -0.15) is 0 Å². The zero-order chi connectivity index (χ0) is 15.5. The number of rotatable bonds is 4. The molecule has 0 aliphatic carbocycles. The van der Waals surface area contributed by atoms with Crippen molar-refractivity contribution >= 4 is 37.4 Å². The molecule has 1 N–H and O–H groups in total. The average molecular weight is 368 g/mol. The molecule has 0 saturated heterocycles. The molecule has 21 heavy (non-hydrogen) atoms. The first kappa shape index (κ1) is 15.7. The van der Waals surface area contributed by atoms with Crippen LogP contribution >= 0.6 is 15.9 Å². The van der Waals surface area contributed by atoms with Crippen LogP contribution in [-0.2, 0) is 15.2 Å². The number of sulfone groups is 1. The van der Waals surface area contributed by atoms with Crippen molar-refractivity contribution in [2.24, 2.45) is 0 Å². The molecule has 2 aromatic carbocycles. The number of hydrogen-bond acceptors (Lipinski definition) is 3. The maximum absolute atomic E-state index is 12.1. The first-order valence-corrected chi connectivity index (χ1v) is 9.18. The number of alkyl halides is 1. The molecule has 0 aromatic heterocycles. The summed E-state index contributed by atoms with van der Waals surface area (Å²) in [7, 11) is -3.25. The van der Waals surface area contributed by atoms with Gasteiger partial charge in [0.1, 0.15) is 0 Å². The molecule has 0 aliphatic heterocycles. The lowest BCUT2D eigenvalue weighted by molar-refractivity contribution is 0.102. The van der Waals surface area contributed by atoms with Crippen molar-refractivity contribution < 1.29 is 13.2 Å². The molecule has 0 spiro atoms. The molecule has 0 atom stereocenters. The van der Waals surface area contributed by atoms with Crippen LogP contribution in [0.2, 0.25) is 0 Å². The van der Waals surface area contributed by atoms with Gasteiger partial charge in [-0.1, -0.05) is 28.1 Å². The summed E-state index contributed by atoms with van der Waals surface area (Å²) in [5.74, 6) is -0.276. The minimum atomic E-state index is -3.25. The summed E-state index contributed by atoms with van der Waals surface area (Å²) in [6.45, 7) is 0. The summed E-state index contributed by atoms with van der Waals surface area (Å²) in [5, 5.41) is 3.52. The van der Waals surface area contributed by atoms with E-state index in [0.717, 1.165) is 17.1 Å². The van der Waals surface area contributed by atoms with Crippen LogP contribution in [0.5, 0.6) is 0 Å². The molecule has 0 fully saturated rings. The Labute approximate surface area is 132 Å². The summed E-state index contributed by atoms with van der Waals surface area (Å²) in [4.78, 5) is 12.3. The quantitative estimate of drug-likeness (QED) is 0.843. The van der Waals surface area contributed by atoms with Crippen LogP contribution in [0.1, 0.15) is 15.9 Å². The van der Waals surface area contributed by atoms with Crippen LogP contribution in [-0.4, -0.2) is 20.6 Å². The largest absolute Gasteiger partial charge is 0.322 e. The number of nitrogens with one attached hydrogen (secondary N) is 1. The number of amides is 1. The summed E-state index contributed by atoms with van der Waals surface area (Å²) in [6.07, 6.45) is 1.13. The van der Waals surface area contributed by atoms with Gasteiger partial charge in [0.15, 0.2) is 9.84 Å². The Kier molecular flexibility index (Phi) is 4.80. The molecule has 4 nitrogen and oxygen atoms in total. The lowest BCUT2D eigenvalue weighted by atomic mass is 10.2. The average Bonchev–Trinajstić information content (AvgIpc) is 2.47. The maximum Gasteiger partial charge on any atom is 0.255 e. The predicted molar refractivity (Wildman–Crippen MR) is 86.6 cm³/mol. The zero-order valence-electron chi connectivity index (χ0n) is 11.3. The fraction of sp³-hybridized carbons (Fsp3) is 0.133. The molecule has 2 rings (SSSR count). The second-order valence-corrected chi connectivity index (χ2v) is 7.16. The highest BCUT2D eigenvalue weighted by Crippen LogP contribution is 2.15. The number of benzene rings is 2. The van der Waals surface area contributed by atoms with Gasteiger partial charge in [-0.25, -0.2) is 8.42 Å². The van der Waals surface area contributed by atoms with Crippen LogP contribution in [0, 0.1) is 0 Å². The molecule has 1 amide bonds. The summed E-state index contributed by atoms with van der Waals surface area (Å²) in [5.41, 5.74) is 2.22. The van der Waals surface area contributed by atoms with E-state index >= 15 is 0 Å². The van der Waals surface area contributed by atoms with Crippen LogP contribution in [0.3, 0.4) is 0 Å². The molecular formula is C15H14BrNO3S. The van der Waals surface area contributed by atoms with Gasteiger partial charge in [-0.15, -0.1) is 0 Å². The fourth-order valence-electron chi connectivity index (χ4n) is 1.73. The molecule has 0 saturated carbocycles. The highest BCUT2D eigenvalue weighted by molar-refractivity contribution is 9.08. The van der Waals surface area contributed by atoms with Crippen LogP contribution in [0.15, 0.2) is 53.4 Å². The topological polar surface area (TPSA) is 63.2 Å². The van der Waals surface area contributed by atoms with Crippen molar-refractivity contribution in [1.82, 2.24) is 0 Å². The molecule has 6 heteroatoms. The molecule has 0 heterocycles. The van der Waals surface area contributed by atoms with Crippen molar-refractivity contribution in [3.8, 4) is 0 Å². The summed E-state index contributed by atoms with van der Waals surface area (Å²) >= 11 is 3.36. The molecule has 0 radical (unpaired) electrons. The number of anilines is 1. The second kappa shape index (κ2) is 6.41. The zero-order valence-corrected chi connectivity index (χ0v) is 13.7. The monoisotopic (exact) mass is 367 g/mol. The van der Waals surface area contributed by atoms with Gasteiger partial charge in [0, 0.05) is 22.8 Å². The van der Waals surface area contributed by atoms with Gasteiger partial charge < -0.3 is 5.32 Å². The lowest BCUT2D eigenvalue weighted by Gasteiger charge is -2.06. The SMILES string of the molecule is CS(=O)(=O)c1ccc(C(=O)Nc2ccc(CBr)cc2)cc1. The van der Waals surface area contributed by atoms with Crippen molar-refractivity contribution in [2.75, 3.05) is 11.6 Å². The number of carbonyl (C=O) groups excluding carboxylic acids is 1. The normalized spacial score (nSPS) is 11.1. The molecule has 110 valence electrons. The van der Waals surface area contributed by atoms with Crippen molar-refractivity contribution in [1.29, 1.82) is 0 Å². The maximum atomic E-state index is 12.1. The van der Waals surface area contributed by atoms with E-state index in [4.69, 9.17) is 0 Å². The first-order chi connectivity index (χ1) is 9.90. The Bertz CT molecular complexity index is 737. The third-order valence-electron chi connectivity index (χ3n) is 2.91. The van der Waals surface area contributed by atoms with Crippen molar-refractivity contribution in [2.45, 2.75) is 10.2 Å². The Hall–Kier alpha value is -1.66. The van der Waals surface area contributed by atoms with Gasteiger partial charge in [-0.3, -0.25) is 4.79 Å². The van der Waals surface area contributed by atoms with E-state index in [0.29, 0.717) is 11.3 Å². The Balaban J connectivity index is 2.12. The van der Waals surface area contributed by atoms with Gasteiger partial charge >= 0.3 is 0 Å². The molecule has 0 bridgehead atoms. The van der Waals surface area contributed by atoms with Crippen molar-refractivity contribution in [3.05, 3.63) is 59.7 Å². The lowest BCUT2D eigenvalue weighted by Crippen LogP contribution is -2.12. The van der Waals surface area contributed by atoms with E-state index in [9.17, 15) is 13.2 Å². The van der Waals surface area contributed by atoms with Gasteiger partial charge in [-0.05, 0) is 42.0 Å². The standard InChI is InChI=1S/C15H14BrNO3S/c1-21(19,20)14-8-4-12(5-9-14)15(18)17-13-6-2-11(10-16)3-7-13/h2-9H,10H2,1H3,(H,17,18). The van der Waals surface area contributed by atoms with Crippen LogP contribution in [0.4, 0.5) is 5.69 Å². The first-order valence-electron chi connectivity index (χ1n) is 6.16. The highest BCUT2D eigenvalue weighted by atomic mass is 79.9. The second-order valence-electron chi connectivity index (χ2n) is 4.58. The van der Waals surface area contributed by atoms with E-state index in [1.54, 1.807) is 0 Å². The predicted octanol–water partition coefficient (Wildman–Crippen LogP) is 3.24. The van der Waals surface area contributed by atoms with Gasteiger partial charge in [0.2, 0.25) is 0 Å². The summed E-state index contributed by atoms with van der Waals surface area (Å²) < 4.78 is 22.7. The third kappa shape index (κ3) is 4.15. The van der Waals surface area contributed by atoms with Gasteiger partial charge in [0.05, 0.1) is 4.90 Å². The van der Waals surface area contributed by atoms with E-state index < -0.39 is 9.84 Å². The number of halogens is 1. The number of hydrogen-bond donors (Lipinski definition) is 1. The van der Waals surface area contributed by atoms with Crippen LogP contribution < -0.4 is 5.32 Å². The van der Waals surface area contributed by atoms with Crippen molar-refractivity contribution in [3.63, 3.8) is 0 Å². The van der Waals surface area contributed by atoms with Crippen LogP contribution in [0.25, 0.3) is 0 Å². The number of carbonyl (C=O) groups is 1. The van der Waals surface area contributed by atoms with E-state index in [2.05, 4.69) is 21.2 Å². The molecular weight excluding hydrogens is 354 g/mol. The van der Waals surface area contributed by atoms with E-state index in [1.165, 1.54) is 24.3 Å². The minimum Gasteiger partial charge on any atom is -0.322 e. The van der Waals surface area contributed by atoms with E-state index in [1.807, 2.05) is 24.3 Å². The molecule has 2 aromatic rings. The molecule has 0 aliphatic rings. The Morgan fingerprint density at radius 1 is 1.05 bits per heavy atom. The highest BCUT2D eigenvalue weighted by Gasteiger charge is 2.10. The Morgan fingerprint density at radius 2 is 1.62 bits per heavy atom. The van der Waals surface area contributed by atoms with E-state index in [-0.39, 0.29) is 10.8 Å². The smallest absolute Gasteiger partial charge is 0.255 e. The molecule has 0 unspecified atom stereocenters. The Morgan fingerprint density at radius 3 is 2.10 bits per heavy atom.